The number of aryl methyl sites for hydroxylation is 2. The van der Waals surface area contributed by atoms with E-state index in [1.165, 1.54) is 0 Å². The molecule has 7 heteroatoms. The van der Waals surface area contributed by atoms with E-state index in [0.717, 1.165) is 59.5 Å². The minimum atomic E-state index is -0.833. The number of hydrogen-bond donors (Lipinski definition) is 2. The number of nitrogens with zero attached hydrogens (tertiary/aromatic N) is 3. The Morgan fingerprint density at radius 2 is 1.71 bits per heavy atom. The van der Waals surface area contributed by atoms with Gasteiger partial charge in [-0.3, -0.25) is 9.59 Å². The number of para-hydroxylation sites is 3. The lowest BCUT2D eigenvalue weighted by atomic mass is 10.1. The first-order chi connectivity index (χ1) is 14.9. The summed E-state index contributed by atoms with van der Waals surface area (Å²) in [6.45, 7) is 4.69. The van der Waals surface area contributed by atoms with E-state index >= 15 is 0 Å². The number of hydrogen-bond acceptors (Lipinski definition) is 4. The van der Waals surface area contributed by atoms with Crippen LogP contribution in [0.4, 0.5) is 0 Å². The fourth-order valence-electron chi connectivity index (χ4n) is 3.93. The van der Waals surface area contributed by atoms with Crippen molar-refractivity contribution in [1.82, 2.24) is 14.1 Å². The Labute approximate surface area is 180 Å². The number of aromatic nitrogens is 3. The quantitative estimate of drug-likeness (QED) is 0.514. The van der Waals surface area contributed by atoms with Crippen LogP contribution in [-0.4, -0.2) is 31.7 Å². The molecule has 0 unspecified atom stereocenters. The lowest BCUT2D eigenvalue weighted by Gasteiger charge is -2.11. The normalized spacial score (nSPS) is 10.8. The molecule has 0 bridgehead atoms. The van der Waals surface area contributed by atoms with Gasteiger partial charge in [0.25, 0.3) is 11.5 Å². The van der Waals surface area contributed by atoms with Crippen LogP contribution in [0.2, 0.25) is 0 Å². The number of rotatable bonds is 5. The molecule has 0 fully saturated rings. The fourth-order valence-corrected chi connectivity index (χ4v) is 3.93. The Balaban J connectivity index is 0.000000628. The summed E-state index contributed by atoms with van der Waals surface area (Å²) in [6, 6.07) is 16.0. The smallest absolute Gasteiger partial charge is 0.300 e. The average Bonchev–Trinajstić information content (AvgIpc) is 3.07. The maximum atomic E-state index is 13.2. The van der Waals surface area contributed by atoms with Gasteiger partial charge in [0, 0.05) is 42.7 Å². The molecule has 162 valence electrons. The van der Waals surface area contributed by atoms with E-state index in [9.17, 15) is 4.79 Å². The highest BCUT2D eigenvalue weighted by atomic mass is 16.4. The van der Waals surface area contributed by atoms with Crippen LogP contribution in [-0.2, 0) is 24.8 Å². The second kappa shape index (κ2) is 9.57. The summed E-state index contributed by atoms with van der Waals surface area (Å²) < 4.78 is 4.00. The molecule has 0 saturated carbocycles. The van der Waals surface area contributed by atoms with Gasteiger partial charge in [0.1, 0.15) is 5.69 Å². The fraction of sp³-hybridized carbons (Fsp3) is 0.292. The van der Waals surface area contributed by atoms with Crippen molar-refractivity contribution in [3.05, 3.63) is 64.6 Å². The predicted octanol–water partition coefficient (Wildman–Crippen LogP) is 3.56. The molecule has 7 nitrogen and oxygen atoms in total. The lowest BCUT2D eigenvalue weighted by Crippen LogP contribution is -2.21. The Bertz CT molecular complexity index is 1280. The Morgan fingerprint density at radius 1 is 1.10 bits per heavy atom. The van der Waals surface area contributed by atoms with Crippen LogP contribution in [0, 0.1) is 0 Å². The van der Waals surface area contributed by atoms with E-state index in [1.54, 1.807) is 4.57 Å². The van der Waals surface area contributed by atoms with E-state index < -0.39 is 5.97 Å². The molecule has 0 aliphatic rings. The van der Waals surface area contributed by atoms with Gasteiger partial charge in [0.2, 0.25) is 0 Å². The predicted molar refractivity (Wildman–Crippen MR) is 124 cm³/mol. The molecule has 2 aromatic heterocycles. The molecule has 0 aliphatic carbocycles. The van der Waals surface area contributed by atoms with Crippen LogP contribution in [0.25, 0.3) is 33.2 Å². The van der Waals surface area contributed by atoms with Crippen LogP contribution in [0.15, 0.2) is 53.3 Å². The van der Waals surface area contributed by atoms with Crippen molar-refractivity contribution in [2.24, 2.45) is 12.8 Å². The van der Waals surface area contributed by atoms with Crippen molar-refractivity contribution in [3.8, 4) is 11.3 Å². The number of carboxylic acid groups (broad SMARTS) is 1. The van der Waals surface area contributed by atoms with Crippen LogP contribution < -0.4 is 11.3 Å². The molecular formula is C24H28N4O3. The van der Waals surface area contributed by atoms with Gasteiger partial charge in [0.05, 0.1) is 11.0 Å². The molecule has 2 heterocycles. The summed E-state index contributed by atoms with van der Waals surface area (Å²) >= 11 is 0. The van der Waals surface area contributed by atoms with Crippen LogP contribution in [0.5, 0.6) is 0 Å². The Kier molecular flexibility index (Phi) is 6.87. The topological polar surface area (TPSA) is 103 Å². The monoisotopic (exact) mass is 420 g/mol. The van der Waals surface area contributed by atoms with Gasteiger partial charge in [-0.25, -0.2) is 4.98 Å². The number of aliphatic carboxylic acids is 1. The first-order valence-electron chi connectivity index (χ1n) is 10.4. The summed E-state index contributed by atoms with van der Waals surface area (Å²) in [5.74, 6) is -0.833. The zero-order chi connectivity index (χ0) is 22.5. The second-order valence-corrected chi connectivity index (χ2v) is 7.32. The van der Waals surface area contributed by atoms with Gasteiger partial charge in [-0.2, -0.15) is 0 Å². The minimum absolute atomic E-state index is 0.0647. The van der Waals surface area contributed by atoms with Crippen molar-refractivity contribution in [1.29, 1.82) is 0 Å². The average molecular weight is 421 g/mol. The maximum absolute atomic E-state index is 13.2. The summed E-state index contributed by atoms with van der Waals surface area (Å²) in [4.78, 5) is 27.0. The summed E-state index contributed by atoms with van der Waals surface area (Å²) in [6.07, 6.45) is 1.72. The minimum Gasteiger partial charge on any atom is -0.481 e. The van der Waals surface area contributed by atoms with Gasteiger partial charge in [-0.1, -0.05) is 37.3 Å². The molecule has 4 rings (SSSR count). The highest BCUT2D eigenvalue weighted by Gasteiger charge is 2.21. The molecule has 0 radical (unpaired) electrons. The molecule has 2 aromatic carbocycles. The number of carboxylic acids is 1. The van der Waals surface area contributed by atoms with Gasteiger partial charge in [-0.05, 0) is 37.6 Å². The second-order valence-electron chi connectivity index (χ2n) is 7.32. The number of carbonyl (C=O) groups is 1. The van der Waals surface area contributed by atoms with Gasteiger partial charge in [-0.15, -0.1) is 0 Å². The third-order valence-electron chi connectivity index (χ3n) is 5.22. The van der Waals surface area contributed by atoms with Gasteiger partial charge < -0.3 is 20.0 Å². The third kappa shape index (κ3) is 4.36. The largest absolute Gasteiger partial charge is 0.481 e. The van der Waals surface area contributed by atoms with Crippen LogP contribution in [0.3, 0.4) is 0 Å². The van der Waals surface area contributed by atoms with Crippen molar-refractivity contribution >= 4 is 27.9 Å². The first-order valence-corrected chi connectivity index (χ1v) is 10.4. The molecule has 4 aromatic rings. The standard InChI is InChI=1S/C22H24N4O.C2H4O2/c1-3-17-20(15-9-4-6-11-18(15)26(17)14-8-13-23)21-22(27)25(2)19-12-7-5-10-16(19)24-21;1-2(3)4/h4-7,9-12H,3,8,13-14,23H2,1-2H3;1H3,(H,3,4). The molecular weight excluding hydrogens is 392 g/mol. The Morgan fingerprint density at radius 3 is 2.35 bits per heavy atom. The molecule has 0 atom stereocenters. The highest BCUT2D eigenvalue weighted by Crippen LogP contribution is 2.33. The summed E-state index contributed by atoms with van der Waals surface area (Å²) in [5, 5.41) is 8.49. The van der Waals surface area contributed by atoms with Gasteiger partial charge >= 0.3 is 0 Å². The first kappa shape index (κ1) is 22.2. The SMILES string of the molecule is CC(=O)O.CCc1c(-c2nc3ccccc3n(C)c2=O)c2ccccc2n1CCCN. The van der Waals surface area contributed by atoms with Crippen molar-refractivity contribution in [2.75, 3.05) is 6.54 Å². The third-order valence-corrected chi connectivity index (χ3v) is 5.22. The van der Waals surface area contributed by atoms with Crippen molar-refractivity contribution < 1.29 is 9.90 Å². The van der Waals surface area contributed by atoms with Crippen LogP contribution in [0.1, 0.15) is 26.0 Å². The van der Waals surface area contributed by atoms with E-state index in [1.807, 2.05) is 43.4 Å². The van der Waals surface area contributed by atoms with E-state index in [4.69, 9.17) is 20.6 Å². The molecule has 0 spiro atoms. The number of benzene rings is 2. The highest BCUT2D eigenvalue weighted by molar-refractivity contribution is 5.98. The number of nitrogens with two attached hydrogens (primary N) is 1. The molecule has 0 aliphatic heterocycles. The molecule has 31 heavy (non-hydrogen) atoms. The van der Waals surface area contributed by atoms with E-state index in [0.29, 0.717) is 12.2 Å². The van der Waals surface area contributed by atoms with Crippen LogP contribution >= 0.6 is 0 Å². The zero-order valence-corrected chi connectivity index (χ0v) is 18.1. The summed E-state index contributed by atoms with van der Waals surface area (Å²) in [5.41, 5.74) is 11.1. The molecule has 0 saturated heterocycles. The molecule has 3 N–H and O–H groups in total. The van der Waals surface area contributed by atoms with Gasteiger partial charge in [0.15, 0.2) is 0 Å². The lowest BCUT2D eigenvalue weighted by molar-refractivity contribution is -0.134. The van der Waals surface area contributed by atoms with Crippen molar-refractivity contribution in [3.63, 3.8) is 0 Å². The maximum Gasteiger partial charge on any atom is 0.300 e. The van der Waals surface area contributed by atoms with E-state index in [-0.39, 0.29) is 5.56 Å². The zero-order valence-electron chi connectivity index (χ0n) is 18.1. The summed E-state index contributed by atoms with van der Waals surface area (Å²) in [7, 11) is 1.81. The molecule has 0 amide bonds. The van der Waals surface area contributed by atoms with E-state index in [2.05, 4.69) is 23.6 Å². The number of fused-ring (bicyclic) bond motifs is 2. The van der Waals surface area contributed by atoms with Crippen molar-refractivity contribution in [2.45, 2.75) is 33.2 Å². The Hall–Kier alpha value is -3.45.